The van der Waals surface area contributed by atoms with Gasteiger partial charge in [0.05, 0.1) is 5.69 Å². The molecule has 3 rings (SSSR count). The summed E-state index contributed by atoms with van der Waals surface area (Å²) in [7, 11) is -3.55. The highest BCUT2D eigenvalue weighted by atomic mass is 32.2. The highest BCUT2D eigenvalue weighted by molar-refractivity contribution is 7.89. The second-order valence-electron chi connectivity index (χ2n) is 5.59. The lowest BCUT2D eigenvalue weighted by molar-refractivity contribution is 0.581. The van der Waals surface area contributed by atoms with Crippen LogP contribution in [0.25, 0.3) is 5.82 Å². The zero-order valence-electron chi connectivity index (χ0n) is 14.0. The normalized spacial score (nSPS) is 11.6. The fourth-order valence-electron chi connectivity index (χ4n) is 2.64. The van der Waals surface area contributed by atoms with Crippen molar-refractivity contribution in [2.75, 3.05) is 6.54 Å². The highest BCUT2D eigenvalue weighted by Crippen LogP contribution is 2.17. The number of rotatable bonds is 6. The van der Waals surface area contributed by atoms with E-state index in [1.165, 1.54) is 18.5 Å². The molecule has 3 aromatic heterocycles. The van der Waals surface area contributed by atoms with Crippen molar-refractivity contribution in [2.24, 2.45) is 0 Å². The summed E-state index contributed by atoms with van der Waals surface area (Å²) in [6.07, 6.45) is 5.13. The van der Waals surface area contributed by atoms with Crippen LogP contribution in [-0.2, 0) is 16.4 Å². The van der Waals surface area contributed by atoms with Crippen molar-refractivity contribution in [3.8, 4) is 5.82 Å². The van der Waals surface area contributed by atoms with Gasteiger partial charge in [0.2, 0.25) is 10.0 Å². The van der Waals surface area contributed by atoms with Crippen LogP contribution in [0.4, 0.5) is 0 Å². The molecule has 0 radical (unpaired) electrons. The average molecular weight is 357 g/mol. The molecule has 0 fully saturated rings. The fraction of sp³-hybridized carbons (Fsp3) is 0.235. The lowest BCUT2D eigenvalue weighted by atomic mass is 10.1. The molecule has 3 aromatic rings. The van der Waals surface area contributed by atoms with Crippen LogP contribution in [0.15, 0.2) is 53.8 Å². The van der Waals surface area contributed by atoms with Gasteiger partial charge in [-0.25, -0.2) is 22.8 Å². The van der Waals surface area contributed by atoms with Crippen molar-refractivity contribution in [1.29, 1.82) is 0 Å². The summed E-state index contributed by atoms with van der Waals surface area (Å²) in [5.41, 5.74) is 2.83. The number of sulfonamides is 1. The number of aryl methyl sites for hydroxylation is 1. The van der Waals surface area contributed by atoms with Gasteiger partial charge in [-0.15, -0.1) is 0 Å². The van der Waals surface area contributed by atoms with Gasteiger partial charge in [0.25, 0.3) is 0 Å². The molecular formula is C17H19N5O2S. The molecule has 7 nitrogen and oxygen atoms in total. The summed E-state index contributed by atoms with van der Waals surface area (Å²) in [5.74, 6) is 0.741. The summed E-state index contributed by atoms with van der Waals surface area (Å²) in [4.78, 5) is 8.31. The van der Waals surface area contributed by atoms with E-state index in [2.05, 4.69) is 19.8 Å². The minimum atomic E-state index is -3.55. The third-order valence-electron chi connectivity index (χ3n) is 3.92. The van der Waals surface area contributed by atoms with Crippen LogP contribution in [-0.4, -0.2) is 34.7 Å². The highest BCUT2D eigenvalue weighted by Gasteiger charge is 2.16. The van der Waals surface area contributed by atoms with Crippen LogP contribution < -0.4 is 4.72 Å². The maximum absolute atomic E-state index is 12.2. The molecule has 0 atom stereocenters. The summed E-state index contributed by atoms with van der Waals surface area (Å²) in [6.45, 7) is 4.16. The van der Waals surface area contributed by atoms with Gasteiger partial charge in [-0.05, 0) is 50.1 Å². The number of hydrogen-bond acceptors (Lipinski definition) is 5. The molecule has 130 valence electrons. The fourth-order valence-corrected chi connectivity index (χ4v) is 3.63. The molecule has 0 aliphatic heterocycles. The number of nitrogens with one attached hydrogen (secondary N) is 1. The Hall–Kier alpha value is -2.58. The van der Waals surface area contributed by atoms with Crippen molar-refractivity contribution in [3.63, 3.8) is 0 Å². The van der Waals surface area contributed by atoms with E-state index in [1.54, 1.807) is 16.9 Å². The first kappa shape index (κ1) is 17.2. The SMILES string of the molecule is Cc1nn(-c2ccccn2)c(C)c1CCNS(=O)(=O)c1cccnc1. The maximum Gasteiger partial charge on any atom is 0.242 e. The van der Waals surface area contributed by atoms with Crippen LogP contribution in [0.3, 0.4) is 0 Å². The Balaban J connectivity index is 1.73. The standard InChI is InChI=1S/C17H19N5O2S/c1-13-16(14(2)22(21-13)17-7-3-4-10-19-17)8-11-20-25(23,24)15-6-5-9-18-12-15/h3-7,9-10,12,20H,8,11H2,1-2H3. The van der Waals surface area contributed by atoms with Crippen molar-refractivity contribution < 1.29 is 8.42 Å². The molecule has 0 unspecified atom stereocenters. The third kappa shape index (κ3) is 3.75. The monoisotopic (exact) mass is 357 g/mol. The minimum absolute atomic E-state index is 0.160. The van der Waals surface area contributed by atoms with Gasteiger partial charge in [0, 0.05) is 30.8 Å². The molecule has 0 amide bonds. The van der Waals surface area contributed by atoms with Gasteiger partial charge in [0.1, 0.15) is 4.90 Å². The topological polar surface area (TPSA) is 89.8 Å². The van der Waals surface area contributed by atoms with Gasteiger partial charge in [-0.2, -0.15) is 5.10 Å². The average Bonchev–Trinajstić information content (AvgIpc) is 2.91. The molecule has 25 heavy (non-hydrogen) atoms. The lowest BCUT2D eigenvalue weighted by Gasteiger charge is -2.07. The zero-order chi connectivity index (χ0) is 17.9. The molecule has 0 saturated carbocycles. The molecule has 8 heteroatoms. The van der Waals surface area contributed by atoms with Gasteiger partial charge in [0.15, 0.2) is 5.82 Å². The van der Waals surface area contributed by atoms with Crippen molar-refractivity contribution >= 4 is 10.0 Å². The van der Waals surface area contributed by atoms with Crippen LogP contribution in [0.2, 0.25) is 0 Å². The second kappa shape index (κ2) is 7.12. The Morgan fingerprint density at radius 2 is 1.96 bits per heavy atom. The number of hydrogen-bond donors (Lipinski definition) is 1. The molecule has 0 spiro atoms. The van der Waals surface area contributed by atoms with E-state index in [0.717, 1.165) is 22.8 Å². The van der Waals surface area contributed by atoms with Crippen LogP contribution in [0.5, 0.6) is 0 Å². The van der Waals surface area contributed by atoms with E-state index in [1.807, 2.05) is 32.0 Å². The van der Waals surface area contributed by atoms with Gasteiger partial charge < -0.3 is 0 Å². The van der Waals surface area contributed by atoms with Crippen molar-refractivity contribution in [2.45, 2.75) is 25.2 Å². The molecule has 0 aliphatic carbocycles. The molecule has 1 N–H and O–H groups in total. The molecule has 0 bridgehead atoms. The van der Waals surface area contributed by atoms with Crippen molar-refractivity contribution in [3.05, 3.63) is 65.9 Å². The Kier molecular flexibility index (Phi) is 4.91. The van der Waals surface area contributed by atoms with E-state index < -0.39 is 10.0 Å². The van der Waals surface area contributed by atoms with Crippen LogP contribution >= 0.6 is 0 Å². The van der Waals surface area contributed by atoms with Gasteiger partial charge in [-0.3, -0.25) is 4.98 Å². The summed E-state index contributed by atoms with van der Waals surface area (Å²) < 4.78 is 28.9. The number of aromatic nitrogens is 4. The first-order valence-electron chi connectivity index (χ1n) is 7.85. The van der Waals surface area contributed by atoms with E-state index in [0.29, 0.717) is 6.42 Å². The largest absolute Gasteiger partial charge is 0.263 e. The Bertz CT molecular complexity index is 953. The Labute approximate surface area is 146 Å². The first-order chi connectivity index (χ1) is 12.0. The number of nitrogens with zero attached hydrogens (tertiary/aromatic N) is 4. The smallest absolute Gasteiger partial charge is 0.242 e. The van der Waals surface area contributed by atoms with Crippen molar-refractivity contribution in [1.82, 2.24) is 24.5 Å². The van der Waals surface area contributed by atoms with E-state index in [4.69, 9.17) is 0 Å². The van der Waals surface area contributed by atoms with Crippen LogP contribution in [0, 0.1) is 13.8 Å². The second-order valence-corrected chi connectivity index (χ2v) is 7.35. The maximum atomic E-state index is 12.2. The molecular weight excluding hydrogens is 338 g/mol. The van der Waals surface area contributed by atoms with E-state index in [-0.39, 0.29) is 11.4 Å². The van der Waals surface area contributed by atoms with Gasteiger partial charge in [-0.1, -0.05) is 6.07 Å². The first-order valence-corrected chi connectivity index (χ1v) is 9.33. The van der Waals surface area contributed by atoms with E-state index >= 15 is 0 Å². The predicted octanol–water partition coefficient (Wildman–Crippen LogP) is 1.80. The summed E-state index contributed by atoms with van der Waals surface area (Å²) >= 11 is 0. The molecule has 0 aromatic carbocycles. The zero-order valence-corrected chi connectivity index (χ0v) is 14.9. The molecule has 3 heterocycles. The van der Waals surface area contributed by atoms with E-state index in [9.17, 15) is 8.42 Å². The summed E-state index contributed by atoms with van der Waals surface area (Å²) in [6, 6.07) is 8.75. The molecule has 0 saturated heterocycles. The Morgan fingerprint density at radius 3 is 2.64 bits per heavy atom. The summed E-state index contributed by atoms with van der Waals surface area (Å²) in [5, 5.41) is 4.52. The third-order valence-corrected chi connectivity index (χ3v) is 5.37. The lowest BCUT2D eigenvalue weighted by Crippen LogP contribution is -2.26. The Morgan fingerprint density at radius 1 is 1.12 bits per heavy atom. The molecule has 0 aliphatic rings. The number of pyridine rings is 2. The predicted molar refractivity (Wildman–Crippen MR) is 94.0 cm³/mol. The minimum Gasteiger partial charge on any atom is -0.263 e. The van der Waals surface area contributed by atoms with Gasteiger partial charge >= 0.3 is 0 Å². The van der Waals surface area contributed by atoms with Crippen LogP contribution in [0.1, 0.15) is 17.0 Å². The quantitative estimate of drug-likeness (QED) is 0.726.